The van der Waals surface area contributed by atoms with Crippen LogP contribution in [0.1, 0.15) is 22.3 Å². The molecule has 0 radical (unpaired) electrons. The van der Waals surface area contributed by atoms with Crippen LogP contribution < -0.4 is 9.62 Å². The van der Waals surface area contributed by atoms with E-state index in [1.807, 2.05) is 56.3 Å². The summed E-state index contributed by atoms with van der Waals surface area (Å²) in [6.07, 6.45) is 1.33. The molecule has 0 aliphatic rings. The van der Waals surface area contributed by atoms with E-state index in [9.17, 15) is 18.0 Å². The first-order valence-corrected chi connectivity index (χ1v) is 14.1. The summed E-state index contributed by atoms with van der Waals surface area (Å²) in [7, 11) is -2.29. The topological polar surface area (TPSA) is 86.8 Å². The van der Waals surface area contributed by atoms with Crippen LogP contribution in [0.15, 0.2) is 72.8 Å². The van der Waals surface area contributed by atoms with Crippen molar-refractivity contribution in [1.82, 2.24) is 10.2 Å². The average molecular weight is 542 g/mol. The zero-order valence-corrected chi connectivity index (χ0v) is 23.0. The fourth-order valence-corrected chi connectivity index (χ4v) is 5.31. The van der Waals surface area contributed by atoms with Crippen LogP contribution in [-0.2, 0) is 32.6 Å². The van der Waals surface area contributed by atoms with Gasteiger partial charge in [-0.3, -0.25) is 13.9 Å². The van der Waals surface area contributed by atoms with E-state index in [2.05, 4.69) is 5.32 Å². The quantitative estimate of drug-likeness (QED) is 0.418. The summed E-state index contributed by atoms with van der Waals surface area (Å²) in [6.45, 7) is 3.36. The van der Waals surface area contributed by atoms with Crippen LogP contribution in [0.2, 0.25) is 5.02 Å². The molecule has 0 saturated heterocycles. The van der Waals surface area contributed by atoms with E-state index in [0.717, 1.165) is 32.8 Å². The Morgan fingerprint density at radius 3 is 2.11 bits per heavy atom. The Bertz CT molecular complexity index is 1340. The molecule has 0 fully saturated rings. The highest BCUT2D eigenvalue weighted by Crippen LogP contribution is 2.23. The summed E-state index contributed by atoms with van der Waals surface area (Å²) >= 11 is 6.19. The number of nitrogens with one attached hydrogen (secondary N) is 1. The number of benzene rings is 3. The highest BCUT2D eigenvalue weighted by atomic mass is 35.5. The number of hydrogen-bond acceptors (Lipinski definition) is 4. The lowest BCUT2D eigenvalue weighted by Gasteiger charge is -2.33. The number of amides is 2. The van der Waals surface area contributed by atoms with E-state index >= 15 is 0 Å². The minimum Gasteiger partial charge on any atom is -0.357 e. The molecule has 0 spiro atoms. The number of rotatable bonds is 10. The fourth-order valence-electron chi connectivity index (χ4n) is 4.26. The summed E-state index contributed by atoms with van der Waals surface area (Å²) in [5.74, 6) is -0.856. The summed E-state index contributed by atoms with van der Waals surface area (Å²) in [6, 6.07) is 20.9. The van der Waals surface area contributed by atoms with Gasteiger partial charge >= 0.3 is 0 Å². The number of anilines is 1. The molecule has 2 amide bonds. The van der Waals surface area contributed by atoms with Crippen molar-refractivity contribution in [2.24, 2.45) is 0 Å². The normalized spacial score (nSPS) is 12.0. The largest absolute Gasteiger partial charge is 0.357 e. The van der Waals surface area contributed by atoms with E-state index < -0.39 is 28.5 Å². The lowest BCUT2D eigenvalue weighted by atomic mass is 10.0. The molecule has 0 aromatic heterocycles. The maximum atomic E-state index is 13.9. The first kappa shape index (κ1) is 28.2. The summed E-state index contributed by atoms with van der Waals surface area (Å²) in [5, 5.41) is 3.15. The van der Waals surface area contributed by atoms with Crippen LogP contribution in [-0.4, -0.2) is 51.0 Å². The highest BCUT2D eigenvalue weighted by Gasteiger charge is 2.32. The van der Waals surface area contributed by atoms with E-state index in [0.29, 0.717) is 10.7 Å². The molecule has 1 N–H and O–H groups in total. The van der Waals surface area contributed by atoms with Gasteiger partial charge in [0.2, 0.25) is 21.8 Å². The molecule has 0 heterocycles. The molecule has 0 bridgehead atoms. The smallest absolute Gasteiger partial charge is 0.244 e. The van der Waals surface area contributed by atoms with Crippen LogP contribution >= 0.6 is 11.6 Å². The van der Waals surface area contributed by atoms with Crippen LogP contribution in [0.5, 0.6) is 0 Å². The van der Waals surface area contributed by atoms with Gasteiger partial charge < -0.3 is 10.2 Å². The Labute approximate surface area is 224 Å². The molecule has 0 aliphatic heterocycles. The lowest BCUT2D eigenvalue weighted by Crippen LogP contribution is -2.52. The molecule has 196 valence electrons. The van der Waals surface area contributed by atoms with E-state index in [-0.39, 0.29) is 18.9 Å². The van der Waals surface area contributed by atoms with E-state index in [1.54, 1.807) is 30.3 Å². The van der Waals surface area contributed by atoms with Gasteiger partial charge in [0.15, 0.2) is 0 Å². The molecule has 0 unspecified atom stereocenters. The number of halogens is 1. The highest BCUT2D eigenvalue weighted by molar-refractivity contribution is 7.92. The molecule has 9 heteroatoms. The van der Waals surface area contributed by atoms with Crippen molar-refractivity contribution in [2.75, 3.05) is 24.2 Å². The van der Waals surface area contributed by atoms with E-state index in [1.165, 1.54) is 11.9 Å². The Balaban J connectivity index is 2.04. The Hall–Kier alpha value is -3.36. The molecule has 3 aromatic carbocycles. The van der Waals surface area contributed by atoms with Crippen LogP contribution in [0.4, 0.5) is 5.69 Å². The maximum absolute atomic E-state index is 13.9. The standard InChI is InChI=1S/C28H32ClN3O4S/c1-20-13-21(2)15-25(14-20)32(37(4,35)36)19-27(33)31(18-23-11-8-12-24(29)16-23)26(28(34)30-3)17-22-9-6-5-7-10-22/h5-16,26H,17-19H2,1-4H3,(H,30,34)/t26-/m1/s1. The van der Waals surface area contributed by atoms with Crippen LogP contribution in [0.25, 0.3) is 0 Å². The van der Waals surface area contributed by atoms with Crippen molar-refractivity contribution < 1.29 is 18.0 Å². The Kier molecular flexibility index (Phi) is 9.34. The van der Waals surface area contributed by atoms with Crippen molar-refractivity contribution in [3.05, 3.63) is 100 Å². The second kappa shape index (κ2) is 12.3. The number of hydrogen-bond donors (Lipinski definition) is 1. The minimum absolute atomic E-state index is 0.0781. The third-order valence-electron chi connectivity index (χ3n) is 5.93. The first-order chi connectivity index (χ1) is 17.5. The number of likely N-dealkylation sites (N-methyl/N-ethyl adjacent to an activating group) is 1. The van der Waals surface area contributed by atoms with Crippen molar-refractivity contribution in [2.45, 2.75) is 32.9 Å². The average Bonchev–Trinajstić information content (AvgIpc) is 2.83. The predicted molar refractivity (Wildman–Crippen MR) is 148 cm³/mol. The van der Waals surface area contributed by atoms with Gasteiger partial charge in [-0.1, -0.05) is 60.1 Å². The fraction of sp³-hybridized carbons (Fsp3) is 0.286. The van der Waals surface area contributed by atoms with Crippen molar-refractivity contribution >= 4 is 39.1 Å². The molecule has 0 aliphatic carbocycles. The summed E-state index contributed by atoms with van der Waals surface area (Å²) < 4.78 is 26.7. The number of sulfonamides is 1. The van der Waals surface area contributed by atoms with Crippen LogP contribution in [0, 0.1) is 13.8 Å². The SMILES string of the molecule is CNC(=O)[C@@H](Cc1ccccc1)N(Cc1cccc(Cl)c1)C(=O)CN(c1cc(C)cc(C)c1)S(C)(=O)=O. The van der Waals surface area contributed by atoms with Gasteiger partial charge in [0.05, 0.1) is 11.9 Å². The first-order valence-electron chi connectivity index (χ1n) is 11.8. The second-order valence-corrected chi connectivity index (χ2v) is 11.4. The Morgan fingerprint density at radius 2 is 1.54 bits per heavy atom. The minimum atomic E-state index is -3.81. The number of carbonyl (C=O) groups is 2. The zero-order valence-electron chi connectivity index (χ0n) is 21.4. The van der Waals surface area contributed by atoms with Gasteiger partial charge in [-0.15, -0.1) is 0 Å². The molecule has 3 rings (SSSR count). The van der Waals surface area contributed by atoms with Gasteiger partial charge in [-0.05, 0) is 60.4 Å². The third-order valence-corrected chi connectivity index (χ3v) is 7.31. The molecule has 1 atom stereocenters. The second-order valence-electron chi connectivity index (χ2n) is 9.09. The monoisotopic (exact) mass is 541 g/mol. The molecule has 37 heavy (non-hydrogen) atoms. The number of aryl methyl sites for hydroxylation is 2. The predicted octanol–water partition coefficient (Wildman–Crippen LogP) is 4.11. The Morgan fingerprint density at radius 1 is 0.919 bits per heavy atom. The van der Waals surface area contributed by atoms with Gasteiger partial charge in [0.25, 0.3) is 0 Å². The molecule has 0 saturated carbocycles. The third kappa shape index (κ3) is 7.81. The lowest BCUT2D eigenvalue weighted by molar-refractivity contribution is -0.139. The van der Waals surface area contributed by atoms with Crippen molar-refractivity contribution in [3.8, 4) is 0 Å². The molecular weight excluding hydrogens is 510 g/mol. The van der Waals surface area contributed by atoms with Crippen molar-refractivity contribution in [1.29, 1.82) is 0 Å². The van der Waals surface area contributed by atoms with Gasteiger partial charge in [-0.2, -0.15) is 0 Å². The van der Waals surface area contributed by atoms with Gasteiger partial charge in [0.1, 0.15) is 12.6 Å². The van der Waals surface area contributed by atoms with Gasteiger partial charge in [-0.25, -0.2) is 8.42 Å². The molecular formula is C28H32ClN3O4S. The number of nitrogens with zero attached hydrogens (tertiary/aromatic N) is 2. The molecule has 3 aromatic rings. The van der Waals surface area contributed by atoms with Crippen molar-refractivity contribution in [3.63, 3.8) is 0 Å². The van der Waals surface area contributed by atoms with Gasteiger partial charge in [0, 0.05) is 25.0 Å². The zero-order chi connectivity index (χ0) is 27.2. The van der Waals surface area contributed by atoms with E-state index in [4.69, 9.17) is 11.6 Å². The summed E-state index contributed by atoms with van der Waals surface area (Å²) in [5.41, 5.74) is 3.74. The summed E-state index contributed by atoms with van der Waals surface area (Å²) in [4.78, 5) is 28.4. The maximum Gasteiger partial charge on any atom is 0.244 e. The van der Waals surface area contributed by atoms with Crippen LogP contribution in [0.3, 0.4) is 0 Å². The number of carbonyl (C=O) groups excluding carboxylic acids is 2. The molecule has 7 nitrogen and oxygen atoms in total.